The second-order valence-electron chi connectivity index (χ2n) is 3.77. The van der Waals surface area contributed by atoms with Crippen LogP contribution in [0.1, 0.15) is 12.5 Å². The zero-order valence-corrected chi connectivity index (χ0v) is 9.07. The van der Waals surface area contributed by atoms with E-state index in [0.29, 0.717) is 6.42 Å². The van der Waals surface area contributed by atoms with Crippen LogP contribution < -0.4 is 0 Å². The van der Waals surface area contributed by atoms with Crippen molar-refractivity contribution in [2.24, 2.45) is 5.92 Å². The summed E-state index contributed by atoms with van der Waals surface area (Å²) < 4.78 is 27.8. The minimum Gasteiger partial charge on any atom is -0.367 e. The van der Waals surface area contributed by atoms with E-state index in [1.54, 1.807) is 19.1 Å². The first-order valence-electron chi connectivity index (χ1n) is 4.69. The Morgan fingerprint density at radius 2 is 2.20 bits per heavy atom. The maximum Gasteiger partial charge on any atom is 0.299 e. The summed E-state index contributed by atoms with van der Waals surface area (Å²) in [7, 11) is -3.81. The van der Waals surface area contributed by atoms with Crippen molar-refractivity contribution in [3.63, 3.8) is 0 Å². The van der Waals surface area contributed by atoms with Gasteiger partial charge in [-0.1, -0.05) is 19.1 Å². The first kappa shape index (κ1) is 10.6. The molecule has 1 aliphatic heterocycles. The third-order valence-corrected chi connectivity index (χ3v) is 3.74. The van der Waals surface area contributed by atoms with Crippen LogP contribution in [0.4, 0.5) is 0 Å². The minimum atomic E-state index is -3.81. The third-order valence-electron chi connectivity index (χ3n) is 2.46. The molecule has 2 rings (SSSR count). The molecule has 82 valence electrons. The summed E-state index contributed by atoms with van der Waals surface area (Å²) in [4.78, 5) is 0.103. The maximum atomic E-state index is 11.6. The summed E-state index contributed by atoms with van der Waals surface area (Å²) in [5, 5.41) is 9.49. The van der Waals surface area contributed by atoms with Crippen LogP contribution >= 0.6 is 0 Å². The van der Waals surface area contributed by atoms with Gasteiger partial charge in [-0.15, -0.1) is 0 Å². The van der Waals surface area contributed by atoms with Crippen molar-refractivity contribution in [1.29, 1.82) is 0 Å². The second kappa shape index (κ2) is 3.59. The van der Waals surface area contributed by atoms with Crippen molar-refractivity contribution < 1.29 is 17.7 Å². The van der Waals surface area contributed by atoms with Gasteiger partial charge in [0, 0.05) is 5.92 Å². The monoisotopic (exact) mass is 228 g/mol. The molecule has 1 aromatic carbocycles. The molecule has 0 aromatic heterocycles. The molecule has 5 heteroatoms. The van der Waals surface area contributed by atoms with Gasteiger partial charge < -0.3 is 5.11 Å². The fraction of sp³-hybridized carbons (Fsp3) is 0.400. The fourth-order valence-electron chi connectivity index (χ4n) is 1.58. The van der Waals surface area contributed by atoms with Gasteiger partial charge >= 0.3 is 0 Å². The lowest BCUT2D eigenvalue weighted by Gasteiger charge is -2.21. The molecule has 0 aliphatic carbocycles. The average Bonchev–Trinajstić information content (AvgIpc) is 2.16. The summed E-state index contributed by atoms with van der Waals surface area (Å²) in [6, 6.07) is 6.56. The molecule has 15 heavy (non-hydrogen) atoms. The Kier molecular flexibility index (Phi) is 2.54. The molecule has 2 atom stereocenters. The molecular formula is C10H12O4S. The highest BCUT2D eigenvalue weighted by Crippen LogP contribution is 2.24. The van der Waals surface area contributed by atoms with E-state index in [2.05, 4.69) is 4.18 Å². The summed E-state index contributed by atoms with van der Waals surface area (Å²) in [6.07, 6.45) is -0.668. The van der Waals surface area contributed by atoms with Gasteiger partial charge in [-0.25, -0.2) is 4.18 Å². The van der Waals surface area contributed by atoms with Gasteiger partial charge in [0.25, 0.3) is 10.1 Å². The lowest BCUT2D eigenvalue weighted by atomic mass is 10.0. The van der Waals surface area contributed by atoms with Crippen LogP contribution in [-0.4, -0.2) is 19.8 Å². The molecule has 1 N–H and O–H groups in total. The zero-order valence-electron chi connectivity index (χ0n) is 8.25. The molecule has 0 amide bonds. The lowest BCUT2D eigenvalue weighted by molar-refractivity contribution is -0.0526. The van der Waals surface area contributed by atoms with Gasteiger partial charge in [0.1, 0.15) is 0 Å². The Morgan fingerprint density at radius 1 is 1.47 bits per heavy atom. The molecule has 4 nitrogen and oxygen atoms in total. The summed E-state index contributed by atoms with van der Waals surface area (Å²) in [6.45, 7) is 1.75. The fourth-order valence-corrected chi connectivity index (χ4v) is 2.68. The largest absolute Gasteiger partial charge is 0.367 e. The van der Waals surface area contributed by atoms with Crippen molar-refractivity contribution in [1.82, 2.24) is 0 Å². The van der Waals surface area contributed by atoms with Gasteiger partial charge in [0.2, 0.25) is 0 Å². The van der Waals surface area contributed by atoms with E-state index in [-0.39, 0.29) is 10.8 Å². The van der Waals surface area contributed by atoms with Gasteiger partial charge in [0.05, 0.1) is 4.90 Å². The molecule has 1 heterocycles. The molecular weight excluding hydrogens is 216 g/mol. The van der Waals surface area contributed by atoms with E-state index in [9.17, 15) is 13.5 Å². The molecule has 1 aliphatic rings. The predicted molar refractivity (Wildman–Crippen MR) is 53.6 cm³/mol. The highest BCUT2D eigenvalue weighted by Gasteiger charge is 2.27. The molecule has 0 spiro atoms. The first-order valence-corrected chi connectivity index (χ1v) is 6.10. The first-order chi connectivity index (χ1) is 6.99. The van der Waals surface area contributed by atoms with E-state index in [1.165, 1.54) is 6.07 Å². The van der Waals surface area contributed by atoms with Crippen molar-refractivity contribution >= 4 is 10.1 Å². The van der Waals surface area contributed by atoms with E-state index >= 15 is 0 Å². The van der Waals surface area contributed by atoms with E-state index in [4.69, 9.17) is 0 Å². The summed E-state index contributed by atoms with van der Waals surface area (Å²) in [5.41, 5.74) is 0.894. The van der Waals surface area contributed by atoms with E-state index < -0.39 is 16.4 Å². The van der Waals surface area contributed by atoms with Crippen molar-refractivity contribution in [3.8, 4) is 0 Å². The normalized spacial score (nSPS) is 29.2. The Labute approximate surface area is 88.6 Å². The van der Waals surface area contributed by atoms with Crippen LogP contribution in [0, 0.1) is 5.92 Å². The Bertz CT molecular complexity index is 466. The lowest BCUT2D eigenvalue weighted by Crippen LogP contribution is -2.28. The van der Waals surface area contributed by atoms with E-state index in [1.807, 2.05) is 6.07 Å². The molecule has 0 fully saturated rings. The molecule has 0 saturated heterocycles. The number of hydrogen-bond acceptors (Lipinski definition) is 4. The van der Waals surface area contributed by atoms with Gasteiger partial charge in [-0.2, -0.15) is 8.42 Å². The topological polar surface area (TPSA) is 63.6 Å². The Morgan fingerprint density at radius 3 is 2.93 bits per heavy atom. The SMILES string of the molecule is CC1Cc2cccc(c2)S(=O)(=O)O[C@@H]1O. The quantitative estimate of drug-likeness (QED) is 0.670. The molecule has 2 bridgehead atoms. The summed E-state index contributed by atoms with van der Waals surface area (Å²) >= 11 is 0. The Balaban J connectivity index is 2.54. The predicted octanol–water partition coefficient (Wildman–Crippen LogP) is 0.903. The smallest absolute Gasteiger partial charge is 0.299 e. The standard InChI is InChI=1S/C10H12O4S/c1-7-5-8-3-2-4-9(6-8)15(12,13)14-10(7)11/h2-4,6-7,10-11H,5H2,1H3/t7?,10-/m0/s1. The van der Waals surface area contributed by atoms with E-state index in [0.717, 1.165) is 5.56 Å². The van der Waals surface area contributed by atoms with Gasteiger partial charge in [-0.3, -0.25) is 0 Å². The zero-order chi connectivity index (χ0) is 11.1. The molecule has 0 saturated carbocycles. The number of aliphatic hydroxyl groups excluding tert-OH is 1. The van der Waals surface area contributed by atoms with Crippen LogP contribution in [0.15, 0.2) is 29.2 Å². The number of benzene rings is 1. The van der Waals surface area contributed by atoms with Crippen molar-refractivity contribution in [2.75, 3.05) is 0 Å². The van der Waals surface area contributed by atoms with Crippen LogP contribution in [0.25, 0.3) is 0 Å². The number of hydrogen-bond donors (Lipinski definition) is 1. The maximum absolute atomic E-state index is 11.6. The molecule has 1 unspecified atom stereocenters. The van der Waals surface area contributed by atoms with Crippen LogP contribution in [0.2, 0.25) is 0 Å². The van der Waals surface area contributed by atoms with Crippen LogP contribution in [0.5, 0.6) is 0 Å². The number of rotatable bonds is 0. The number of aliphatic hydroxyl groups is 1. The second-order valence-corrected chi connectivity index (χ2v) is 5.34. The van der Waals surface area contributed by atoms with Crippen molar-refractivity contribution in [2.45, 2.75) is 24.5 Å². The highest BCUT2D eigenvalue weighted by molar-refractivity contribution is 7.86. The molecule has 1 aromatic rings. The summed E-state index contributed by atoms with van der Waals surface area (Å²) in [5.74, 6) is -0.240. The van der Waals surface area contributed by atoms with Crippen LogP contribution in [-0.2, 0) is 20.7 Å². The van der Waals surface area contributed by atoms with Gasteiger partial charge in [-0.05, 0) is 24.1 Å². The van der Waals surface area contributed by atoms with Crippen LogP contribution in [0.3, 0.4) is 0 Å². The Hall–Kier alpha value is -0.910. The minimum absolute atomic E-state index is 0.103. The highest BCUT2D eigenvalue weighted by atomic mass is 32.2. The third kappa shape index (κ3) is 2.04. The number of fused-ring (bicyclic) bond motifs is 2. The molecule has 0 radical (unpaired) electrons. The van der Waals surface area contributed by atoms with Crippen molar-refractivity contribution in [3.05, 3.63) is 29.8 Å². The van der Waals surface area contributed by atoms with Gasteiger partial charge in [0.15, 0.2) is 6.29 Å². The average molecular weight is 228 g/mol.